The number of carboxylic acid groups (broad SMARTS) is 1. The first-order chi connectivity index (χ1) is 70.8. The molecule has 0 aliphatic rings. The molecule has 0 aromatic heterocycles. The second-order valence-electron chi connectivity index (χ2n) is 31.1. The zero-order chi connectivity index (χ0) is 105. The molecule has 35 nitrogen and oxygen atoms in total. The van der Waals surface area contributed by atoms with Crippen LogP contribution in [0.3, 0.4) is 0 Å². The molecule has 0 saturated heterocycles. The summed E-state index contributed by atoms with van der Waals surface area (Å²) in [5.41, 5.74) is 6.92. The Hall–Kier alpha value is -13.6. The van der Waals surface area contributed by atoms with Gasteiger partial charge in [0.15, 0.2) is 23.0 Å². The first-order valence-corrected chi connectivity index (χ1v) is 47.7. The van der Waals surface area contributed by atoms with Crippen LogP contribution < -0.4 is 28.4 Å². The maximum atomic E-state index is 13.6. The number of carbonyl (C=O) groups is 7. The largest absolute Gasteiger partial charge is 0.508 e. The van der Waals surface area contributed by atoms with Gasteiger partial charge in [-0.15, -0.1) is 32.9 Å². The van der Waals surface area contributed by atoms with Gasteiger partial charge in [0.1, 0.15) is 56.0 Å². The van der Waals surface area contributed by atoms with Gasteiger partial charge in [0.25, 0.3) is 0 Å². The van der Waals surface area contributed by atoms with E-state index in [-0.39, 0.29) is 89.9 Å². The number of benzene rings is 7. The fourth-order valence-electron chi connectivity index (χ4n) is 13.1. The summed E-state index contributed by atoms with van der Waals surface area (Å²) in [6.07, 6.45) is 35.4. The lowest BCUT2D eigenvalue weighted by Crippen LogP contribution is -2.09. The number of aliphatic carboxylic acids is 1. The summed E-state index contributed by atoms with van der Waals surface area (Å²) in [5, 5.41) is 44.8. The third-order valence-electron chi connectivity index (χ3n) is 20.0. The number of fused-ring (bicyclic) bond motifs is 2. The molecular formula is C110H136O35. The second kappa shape index (κ2) is 78.9. The van der Waals surface area contributed by atoms with Crippen LogP contribution in [0.5, 0.6) is 46.0 Å². The number of carbonyl (C=O) groups excluding carboxylic acids is 6. The van der Waals surface area contributed by atoms with Gasteiger partial charge in [0.05, 0.1) is 85.9 Å². The number of esters is 4. The molecule has 0 bridgehead atoms. The molecule has 3 N–H and O–H groups in total. The first-order valence-electron chi connectivity index (χ1n) is 47.7. The van der Waals surface area contributed by atoms with Crippen molar-refractivity contribution in [2.24, 2.45) is 0 Å². The van der Waals surface area contributed by atoms with Crippen molar-refractivity contribution in [1.82, 2.24) is 0 Å². The highest BCUT2D eigenvalue weighted by Crippen LogP contribution is 2.40. The SMILES string of the molecule is C=CCOOCCCCOc1c(CCCCOOOCC=C)ccc(/C=C/C(=O)O)c1OCCCCOC(=O)C=C.C=CCOOCCCCOc1c(CCCCOOOCC=C)ccc(/C=C/C(=O)Oc2ccc3cc(OC(=O)/C=C/c4ccc(CCCCOOC(=O)C=C)c(CCCCOOC(=O)C=C)c4CCCCOOOCC=C)ccc3c2)c1OCCCCOC(=O)C=C.Oc1ccc2cc(O)ccc2c1. The van der Waals surface area contributed by atoms with Gasteiger partial charge in [-0.3, -0.25) is 9.78 Å². The third-order valence-corrected chi connectivity index (χ3v) is 20.0. The molecule has 0 aliphatic carbocycles. The van der Waals surface area contributed by atoms with Crippen LogP contribution in [0.25, 0.3) is 39.8 Å². The van der Waals surface area contributed by atoms with Crippen molar-refractivity contribution in [1.29, 1.82) is 0 Å². The molecule has 0 amide bonds. The smallest absolute Gasteiger partial charge is 0.365 e. The second-order valence-corrected chi connectivity index (χ2v) is 31.1. The molecule has 7 aromatic carbocycles. The monoisotopic (exact) mass is 2020 g/mol. The number of phenols is 2. The van der Waals surface area contributed by atoms with Gasteiger partial charge in [0.2, 0.25) is 0 Å². The van der Waals surface area contributed by atoms with Crippen LogP contribution in [0.2, 0.25) is 0 Å². The minimum Gasteiger partial charge on any atom is -0.508 e. The van der Waals surface area contributed by atoms with E-state index in [1.54, 1.807) is 109 Å². The van der Waals surface area contributed by atoms with E-state index in [4.69, 9.17) is 127 Å². The van der Waals surface area contributed by atoms with E-state index in [0.717, 1.165) is 87.4 Å². The lowest BCUT2D eigenvalue weighted by molar-refractivity contribution is -0.509. The first kappa shape index (κ1) is 122. The van der Waals surface area contributed by atoms with E-state index in [9.17, 15) is 33.6 Å². The third kappa shape index (κ3) is 54.6. The van der Waals surface area contributed by atoms with Crippen LogP contribution in [0.4, 0.5) is 0 Å². The Labute approximate surface area is 846 Å². The Morgan fingerprint density at radius 2 is 0.572 bits per heavy atom. The van der Waals surface area contributed by atoms with Gasteiger partial charge >= 0.3 is 41.8 Å². The summed E-state index contributed by atoms with van der Waals surface area (Å²) in [7, 11) is 0. The predicted molar refractivity (Wildman–Crippen MR) is 541 cm³/mol. The van der Waals surface area contributed by atoms with Crippen LogP contribution in [-0.4, -0.2) is 176 Å². The van der Waals surface area contributed by atoms with E-state index < -0.39 is 41.8 Å². The number of carboxylic acids is 1. The number of phenolic OH excluding ortho intramolecular Hbond substituents is 2. The number of unbranched alkanes of at least 4 members (excludes halogenated alkanes) is 9. The van der Waals surface area contributed by atoms with Crippen molar-refractivity contribution in [3.05, 3.63) is 286 Å². The molecular weight excluding hydrogens is 1880 g/mol. The van der Waals surface area contributed by atoms with Crippen molar-refractivity contribution >= 4 is 81.6 Å². The summed E-state index contributed by atoms with van der Waals surface area (Å²) in [6, 6.07) is 31.7. The molecule has 0 spiro atoms. The fraction of sp³-hybridized carbons (Fsp3) is 0.373. The zero-order valence-corrected chi connectivity index (χ0v) is 82.3. The van der Waals surface area contributed by atoms with Crippen molar-refractivity contribution in [2.75, 3.05) is 119 Å². The molecule has 35 heteroatoms. The Morgan fingerprint density at radius 3 is 0.972 bits per heavy atom. The van der Waals surface area contributed by atoms with E-state index in [1.165, 1.54) is 30.4 Å². The average molecular weight is 2020 g/mol. The Bertz CT molecular complexity index is 5150. The summed E-state index contributed by atoms with van der Waals surface area (Å²) >= 11 is 0. The highest BCUT2D eigenvalue weighted by atomic mass is 17.5. The van der Waals surface area contributed by atoms with Crippen molar-refractivity contribution in [3.8, 4) is 46.0 Å². The maximum absolute atomic E-state index is 13.6. The van der Waals surface area contributed by atoms with E-state index in [0.29, 0.717) is 232 Å². The van der Waals surface area contributed by atoms with Crippen molar-refractivity contribution in [3.63, 3.8) is 0 Å². The van der Waals surface area contributed by atoms with Crippen molar-refractivity contribution in [2.45, 2.75) is 148 Å². The summed E-state index contributed by atoms with van der Waals surface area (Å²) in [6.45, 7) is 36.3. The molecule has 786 valence electrons. The average Bonchev–Trinajstić information content (AvgIpc) is 0.732. The number of hydrogen-bond donors (Lipinski definition) is 3. The maximum Gasteiger partial charge on any atom is 0.365 e. The minimum atomic E-state index is -1.08. The van der Waals surface area contributed by atoms with Crippen LogP contribution >= 0.6 is 0 Å². The molecule has 0 aliphatic heterocycles. The summed E-state index contributed by atoms with van der Waals surface area (Å²) in [4.78, 5) is 154. The lowest BCUT2D eigenvalue weighted by atomic mass is 9.87. The number of hydrogen-bond acceptors (Lipinski definition) is 34. The normalized spacial score (nSPS) is 11.0. The number of aromatic hydroxyl groups is 2. The van der Waals surface area contributed by atoms with Gasteiger partial charge < -0.3 is 53.2 Å². The molecule has 0 saturated carbocycles. The molecule has 0 fully saturated rings. The summed E-state index contributed by atoms with van der Waals surface area (Å²) in [5.74, 6) is -1.72. The standard InChI is InChI=1S/C70H86O22.C30H42O11.C10H8O2/c1-7-41-79-80-47-24-23-46-77-69-56(26-14-18-50-85-91-83-42-8-2)31-32-57(70(69)78-45-22-21-44-76-64(71)10-4)36-40-68(75)88-61-38-34-58-52-60(37-33-59(58)53-61)87-67(74)39-35-55-30-29-54(25-13-17-48-81-89-65(72)11-5)62(27-15-19-49-82-90-66(73)12-6)63(55)28-16-20-51-86-92-84-43-9-3;1-4-18-37-38-23-12-11-22-35-29-25(13-7-8-24-40-41-39-19-5-2)14-15-26(16-17-27(31)32)30(29)36-21-10-9-20-34-28(33)6-3;11-9-3-1-7-5-10(12)4-2-8(7)6-9/h7-12,29-40,52-53H,1-6,13-28,41-51H2;4-6,14-17H,1-3,7-13,18-24H2,(H,31,32);1-6,11-12H/b39-35+,40-36+;17-16+;. The van der Waals surface area contributed by atoms with E-state index >= 15 is 0 Å². The number of aryl methyl sites for hydroxylation is 3. The summed E-state index contributed by atoms with van der Waals surface area (Å²) < 4.78 is 47.0. The van der Waals surface area contributed by atoms with Gasteiger partial charge in [-0.05, 0) is 269 Å². The van der Waals surface area contributed by atoms with Gasteiger partial charge in [-0.25, -0.2) is 82.4 Å². The van der Waals surface area contributed by atoms with Gasteiger partial charge in [-0.2, -0.15) is 9.78 Å². The number of rotatable bonds is 81. The molecule has 0 atom stereocenters. The highest BCUT2D eigenvalue weighted by molar-refractivity contribution is 5.93. The van der Waals surface area contributed by atoms with Crippen LogP contribution in [0, 0.1) is 0 Å². The molecule has 0 radical (unpaired) electrons. The zero-order valence-electron chi connectivity index (χ0n) is 82.3. The molecule has 0 unspecified atom stereocenters. The van der Waals surface area contributed by atoms with Gasteiger partial charge in [0, 0.05) is 53.7 Å². The quantitative estimate of drug-likeness (QED) is 0.00606. The van der Waals surface area contributed by atoms with Gasteiger partial charge in [-0.1, -0.05) is 132 Å². The Kier molecular flexibility index (Phi) is 66.3. The fourth-order valence-corrected chi connectivity index (χ4v) is 13.1. The van der Waals surface area contributed by atoms with E-state index in [1.807, 2.05) is 30.3 Å². The molecule has 7 rings (SSSR count). The molecule has 7 aromatic rings. The van der Waals surface area contributed by atoms with Crippen LogP contribution in [0.15, 0.2) is 241 Å². The number of ether oxygens (including phenoxy) is 8. The predicted octanol–water partition coefficient (Wildman–Crippen LogP) is 20.6. The van der Waals surface area contributed by atoms with Crippen LogP contribution in [-0.2, 0) is 159 Å². The molecule has 0 heterocycles. The van der Waals surface area contributed by atoms with E-state index in [2.05, 4.69) is 69.1 Å². The van der Waals surface area contributed by atoms with Crippen molar-refractivity contribution < 1.29 is 170 Å². The minimum absolute atomic E-state index is 0.167. The Morgan fingerprint density at radius 1 is 0.262 bits per heavy atom. The highest BCUT2D eigenvalue weighted by Gasteiger charge is 2.22. The topological polar surface area (TPSA) is 411 Å². The van der Waals surface area contributed by atoms with Crippen LogP contribution in [0.1, 0.15) is 160 Å². The Balaban J connectivity index is 0.000000567. The molecule has 145 heavy (non-hydrogen) atoms. The lowest BCUT2D eigenvalue weighted by Gasteiger charge is -2.19.